The summed E-state index contributed by atoms with van der Waals surface area (Å²) in [7, 11) is 1.84. The molecule has 5 heteroatoms. The zero-order valence-electron chi connectivity index (χ0n) is 10.7. The normalized spacial score (nSPS) is 35.2. The Balaban J connectivity index is 1.57. The van der Waals surface area contributed by atoms with Crippen LogP contribution >= 0.6 is 11.5 Å². The minimum atomic E-state index is 0.453. The summed E-state index contributed by atoms with van der Waals surface area (Å²) in [6, 6.07) is 1.27. The summed E-state index contributed by atoms with van der Waals surface area (Å²) in [6.45, 7) is 0. The van der Waals surface area contributed by atoms with Gasteiger partial charge in [-0.15, -0.1) is 0 Å². The van der Waals surface area contributed by atoms with Crippen LogP contribution in [0.1, 0.15) is 50.3 Å². The second-order valence-electron chi connectivity index (χ2n) is 5.83. The third-order valence-corrected chi connectivity index (χ3v) is 5.36. The van der Waals surface area contributed by atoms with Crippen molar-refractivity contribution in [2.75, 3.05) is 12.0 Å². The largest absolute Gasteiger partial charge is 0.381 e. The van der Waals surface area contributed by atoms with Crippen LogP contribution in [0.4, 0.5) is 5.13 Å². The van der Waals surface area contributed by atoms with E-state index in [1.54, 1.807) is 11.5 Å². The van der Waals surface area contributed by atoms with E-state index in [9.17, 15) is 0 Å². The molecule has 3 fully saturated rings. The standard InChI is InChI=1S/C13H19N3OS/c1-17-11-6-9-4-5-10(7-11)16(9)13-14-12(15-18-13)8-2-3-8/h8-11H,2-7H2,1H3. The molecule has 18 heavy (non-hydrogen) atoms. The Hall–Kier alpha value is -0.680. The Kier molecular flexibility index (Phi) is 2.59. The van der Waals surface area contributed by atoms with E-state index < -0.39 is 0 Å². The minimum Gasteiger partial charge on any atom is -0.381 e. The lowest BCUT2D eigenvalue weighted by Gasteiger charge is -2.37. The van der Waals surface area contributed by atoms with Gasteiger partial charge in [0.15, 0.2) is 0 Å². The van der Waals surface area contributed by atoms with Crippen LogP contribution in [0.25, 0.3) is 0 Å². The molecule has 1 aliphatic carbocycles. The number of methoxy groups -OCH3 is 1. The van der Waals surface area contributed by atoms with E-state index in [4.69, 9.17) is 9.72 Å². The van der Waals surface area contributed by atoms with Crippen LogP contribution in [0.3, 0.4) is 0 Å². The van der Waals surface area contributed by atoms with Crippen molar-refractivity contribution in [2.45, 2.75) is 62.6 Å². The molecule has 1 saturated carbocycles. The summed E-state index contributed by atoms with van der Waals surface area (Å²) in [6.07, 6.45) is 7.93. The number of nitrogens with zero attached hydrogens (tertiary/aromatic N) is 3. The number of anilines is 1. The molecule has 98 valence electrons. The van der Waals surface area contributed by atoms with Crippen molar-refractivity contribution < 1.29 is 4.74 Å². The first-order valence-electron chi connectivity index (χ1n) is 7.00. The first-order valence-corrected chi connectivity index (χ1v) is 7.77. The molecule has 0 aromatic carbocycles. The first kappa shape index (κ1) is 11.2. The van der Waals surface area contributed by atoms with E-state index in [0.29, 0.717) is 24.1 Å². The predicted octanol–water partition coefficient (Wildman–Crippen LogP) is 2.56. The highest BCUT2D eigenvalue weighted by molar-refractivity contribution is 7.09. The Labute approximate surface area is 112 Å². The van der Waals surface area contributed by atoms with Gasteiger partial charge in [0.25, 0.3) is 0 Å². The smallest absolute Gasteiger partial charge is 0.205 e. The molecule has 2 bridgehead atoms. The minimum absolute atomic E-state index is 0.453. The second kappa shape index (κ2) is 4.17. The molecule has 2 atom stereocenters. The number of ether oxygens (including phenoxy) is 1. The molecule has 2 aliphatic heterocycles. The molecule has 0 N–H and O–H groups in total. The van der Waals surface area contributed by atoms with E-state index in [1.165, 1.54) is 30.8 Å². The summed E-state index contributed by atoms with van der Waals surface area (Å²) < 4.78 is 10.1. The van der Waals surface area contributed by atoms with Crippen molar-refractivity contribution in [3.05, 3.63) is 5.82 Å². The van der Waals surface area contributed by atoms with Gasteiger partial charge in [0.1, 0.15) is 5.82 Å². The highest BCUT2D eigenvalue weighted by Gasteiger charge is 2.42. The molecular weight excluding hydrogens is 246 g/mol. The number of aromatic nitrogens is 2. The van der Waals surface area contributed by atoms with Gasteiger partial charge in [0.2, 0.25) is 5.13 Å². The maximum absolute atomic E-state index is 5.55. The number of hydrogen-bond acceptors (Lipinski definition) is 5. The van der Waals surface area contributed by atoms with Crippen molar-refractivity contribution in [1.29, 1.82) is 0 Å². The Morgan fingerprint density at radius 2 is 1.89 bits per heavy atom. The molecule has 3 aliphatic rings. The van der Waals surface area contributed by atoms with Crippen LogP contribution in [-0.2, 0) is 4.74 Å². The number of hydrogen-bond donors (Lipinski definition) is 0. The fourth-order valence-corrected chi connectivity index (χ4v) is 4.36. The molecule has 2 unspecified atom stereocenters. The summed E-state index contributed by atoms with van der Waals surface area (Å²) >= 11 is 1.60. The zero-order valence-corrected chi connectivity index (χ0v) is 11.5. The lowest BCUT2D eigenvalue weighted by molar-refractivity contribution is 0.0684. The SMILES string of the molecule is COC1CC2CCC(C1)N2c1nc(C2CC2)ns1. The zero-order chi connectivity index (χ0) is 12.1. The van der Waals surface area contributed by atoms with Gasteiger partial charge in [-0.25, -0.2) is 4.98 Å². The van der Waals surface area contributed by atoms with Crippen LogP contribution in [-0.4, -0.2) is 34.7 Å². The molecule has 0 radical (unpaired) electrons. The lowest BCUT2D eigenvalue weighted by Crippen LogP contribution is -2.45. The lowest BCUT2D eigenvalue weighted by atomic mass is 10.0. The second-order valence-corrected chi connectivity index (χ2v) is 6.56. The molecule has 0 spiro atoms. The fraction of sp³-hybridized carbons (Fsp3) is 0.846. The number of rotatable bonds is 3. The molecule has 1 aromatic rings. The van der Waals surface area contributed by atoms with Gasteiger partial charge in [-0.3, -0.25) is 0 Å². The van der Waals surface area contributed by atoms with Crippen LogP contribution in [0.15, 0.2) is 0 Å². The molecule has 0 amide bonds. The van der Waals surface area contributed by atoms with E-state index in [1.807, 2.05) is 7.11 Å². The van der Waals surface area contributed by atoms with Crippen molar-refractivity contribution in [2.24, 2.45) is 0 Å². The van der Waals surface area contributed by atoms with Gasteiger partial charge in [-0.1, -0.05) is 0 Å². The van der Waals surface area contributed by atoms with Gasteiger partial charge in [-0.05, 0) is 38.5 Å². The van der Waals surface area contributed by atoms with Crippen molar-refractivity contribution >= 4 is 16.7 Å². The molecule has 4 nitrogen and oxygen atoms in total. The maximum Gasteiger partial charge on any atom is 0.205 e. The van der Waals surface area contributed by atoms with Crippen LogP contribution in [0.5, 0.6) is 0 Å². The number of fused-ring (bicyclic) bond motifs is 2. The highest BCUT2D eigenvalue weighted by atomic mass is 32.1. The van der Waals surface area contributed by atoms with E-state index in [0.717, 1.165) is 18.7 Å². The quantitative estimate of drug-likeness (QED) is 0.842. The fourth-order valence-electron chi connectivity index (χ4n) is 3.47. The summed E-state index contributed by atoms with van der Waals surface area (Å²) in [5, 5.41) is 1.17. The van der Waals surface area contributed by atoms with E-state index in [-0.39, 0.29) is 0 Å². The van der Waals surface area contributed by atoms with Gasteiger partial charge in [0.05, 0.1) is 6.10 Å². The Morgan fingerprint density at radius 1 is 1.17 bits per heavy atom. The average molecular weight is 265 g/mol. The summed E-state index contributed by atoms with van der Waals surface area (Å²) in [4.78, 5) is 7.32. The number of piperidine rings is 1. The van der Waals surface area contributed by atoms with Crippen molar-refractivity contribution in [1.82, 2.24) is 9.36 Å². The predicted molar refractivity (Wildman–Crippen MR) is 71.2 cm³/mol. The Morgan fingerprint density at radius 3 is 2.50 bits per heavy atom. The van der Waals surface area contributed by atoms with Crippen molar-refractivity contribution in [3.8, 4) is 0 Å². The molecular formula is C13H19N3OS. The van der Waals surface area contributed by atoms with Crippen LogP contribution in [0, 0.1) is 0 Å². The summed E-state index contributed by atoms with van der Waals surface area (Å²) in [5.41, 5.74) is 0. The Bertz CT molecular complexity index is 431. The van der Waals surface area contributed by atoms with Gasteiger partial charge < -0.3 is 9.64 Å². The maximum atomic E-state index is 5.55. The topological polar surface area (TPSA) is 38.2 Å². The van der Waals surface area contributed by atoms with Gasteiger partial charge >= 0.3 is 0 Å². The first-order chi connectivity index (χ1) is 8.85. The average Bonchev–Trinajstić information content (AvgIpc) is 3.07. The third kappa shape index (κ3) is 1.75. The molecule has 2 saturated heterocycles. The summed E-state index contributed by atoms with van der Waals surface area (Å²) in [5.74, 6) is 1.77. The van der Waals surface area contributed by atoms with E-state index >= 15 is 0 Å². The van der Waals surface area contributed by atoms with Crippen LogP contribution < -0.4 is 4.90 Å². The monoisotopic (exact) mass is 265 g/mol. The van der Waals surface area contributed by atoms with Crippen LogP contribution in [0.2, 0.25) is 0 Å². The molecule has 4 rings (SSSR count). The van der Waals surface area contributed by atoms with Gasteiger partial charge in [0, 0.05) is 36.6 Å². The highest BCUT2D eigenvalue weighted by Crippen LogP contribution is 2.43. The molecule has 3 heterocycles. The van der Waals surface area contributed by atoms with Gasteiger partial charge in [-0.2, -0.15) is 4.37 Å². The third-order valence-electron chi connectivity index (χ3n) is 4.62. The van der Waals surface area contributed by atoms with Crippen molar-refractivity contribution in [3.63, 3.8) is 0 Å². The molecule has 1 aromatic heterocycles. The van der Waals surface area contributed by atoms with E-state index in [2.05, 4.69) is 9.27 Å².